The third-order valence-corrected chi connectivity index (χ3v) is 2.16. The fraction of sp³-hybridized carbons (Fsp3) is 0.0769. The van der Waals surface area contributed by atoms with Crippen molar-refractivity contribution in [3.63, 3.8) is 0 Å². The topological polar surface area (TPSA) is 42.0 Å². The van der Waals surface area contributed by atoms with Crippen molar-refractivity contribution < 1.29 is 9.18 Å². The van der Waals surface area contributed by atoms with Crippen molar-refractivity contribution in [3.05, 3.63) is 60.0 Å². The number of anilines is 1. The van der Waals surface area contributed by atoms with Crippen LogP contribution in [0.4, 0.5) is 10.2 Å². The van der Waals surface area contributed by atoms with E-state index in [1.807, 2.05) is 0 Å². The van der Waals surface area contributed by atoms with Crippen LogP contribution in [0.2, 0.25) is 0 Å². The van der Waals surface area contributed by atoms with E-state index in [1.165, 1.54) is 18.3 Å². The molecule has 0 spiro atoms. The number of carbonyl (C=O) groups excluding carboxylic acids is 1. The summed E-state index contributed by atoms with van der Waals surface area (Å²) in [7, 11) is 0. The van der Waals surface area contributed by atoms with E-state index < -0.39 is 0 Å². The molecule has 0 aliphatic carbocycles. The van der Waals surface area contributed by atoms with Gasteiger partial charge in [-0.2, -0.15) is 0 Å². The molecule has 0 aliphatic heterocycles. The number of carbonyl (C=O) groups is 1. The van der Waals surface area contributed by atoms with Crippen LogP contribution in [0.1, 0.15) is 5.56 Å². The maximum absolute atomic E-state index is 12.7. The molecule has 1 N–H and O–H groups in total. The fourth-order valence-corrected chi connectivity index (χ4v) is 1.37. The van der Waals surface area contributed by atoms with Crippen LogP contribution in [-0.4, -0.2) is 10.9 Å². The van der Waals surface area contributed by atoms with Gasteiger partial charge in [0.05, 0.1) is 6.42 Å². The van der Waals surface area contributed by atoms with Crippen molar-refractivity contribution in [1.82, 2.24) is 4.98 Å². The first kappa shape index (κ1) is 11.3. The Morgan fingerprint density at radius 2 is 2.06 bits per heavy atom. The third kappa shape index (κ3) is 3.38. The summed E-state index contributed by atoms with van der Waals surface area (Å²) in [6.45, 7) is 0. The summed E-state index contributed by atoms with van der Waals surface area (Å²) in [6.07, 6.45) is 1.67. The molecule has 3 nitrogen and oxygen atoms in total. The number of amides is 1. The van der Waals surface area contributed by atoms with E-state index in [1.54, 1.807) is 24.3 Å². The molecule has 1 amide bonds. The quantitative estimate of drug-likeness (QED) is 0.876. The second kappa shape index (κ2) is 5.21. The molecule has 17 heavy (non-hydrogen) atoms. The lowest BCUT2D eigenvalue weighted by atomic mass is 10.1. The standard InChI is InChI=1S/C13H10FN2O/c14-11-6-4-10(5-7-11)9-13(17)16-12-3-1-2-8-15-12/h1,3-8H,9H2,(H,15,16,17). The lowest BCUT2D eigenvalue weighted by Crippen LogP contribution is -2.15. The van der Waals surface area contributed by atoms with Gasteiger partial charge in [0, 0.05) is 12.3 Å². The molecule has 0 fully saturated rings. The molecule has 0 unspecified atom stereocenters. The Balaban J connectivity index is 1.96. The van der Waals surface area contributed by atoms with Gasteiger partial charge in [-0.3, -0.25) is 4.79 Å². The van der Waals surface area contributed by atoms with Gasteiger partial charge in [-0.15, -0.1) is 0 Å². The molecule has 2 rings (SSSR count). The van der Waals surface area contributed by atoms with Gasteiger partial charge in [-0.05, 0) is 29.8 Å². The molecule has 4 heteroatoms. The van der Waals surface area contributed by atoms with Gasteiger partial charge in [-0.25, -0.2) is 9.37 Å². The van der Waals surface area contributed by atoms with Gasteiger partial charge in [0.1, 0.15) is 11.6 Å². The first-order chi connectivity index (χ1) is 8.24. The third-order valence-electron chi connectivity index (χ3n) is 2.16. The molecule has 0 saturated carbocycles. The van der Waals surface area contributed by atoms with E-state index >= 15 is 0 Å². The van der Waals surface area contributed by atoms with Crippen LogP contribution >= 0.6 is 0 Å². The molecule has 0 atom stereocenters. The van der Waals surface area contributed by atoms with E-state index in [2.05, 4.69) is 16.4 Å². The van der Waals surface area contributed by atoms with E-state index in [4.69, 9.17) is 0 Å². The highest BCUT2D eigenvalue weighted by Crippen LogP contribution is 2.05. The Labute approximate surface area is 98.3 Å². The number of rotatable bonds is 3. The predicted molar refractivity (Wildman–Crippen MR) is 61.8 cm³/mol. The van der Waals surface area contributed by atoms with Crippen LogP contribution in [0.25, 0.3) is 0 Å². The Morgan fingerprint density at radius 3 is 2.71 bits per heavy atom. The summed E-state index contributed by atoms with van der Waals surface area (Å²) in [4.78, 5) is 15.5. The van der Waals surface area contributed by atoms with Gasteiger partial charge in [0.2, 0.25) is 5.91 Å². The summed E-state index contributed by atoms with van der Waals surface area (Å²) in [5.41, 5.74) is 0.756. The van der Waals surface area contributed by atoms with Crippen LogP contribution in [0.5, 0.6) is 0 Å². The zero-order valence-corrected chi connectivity index (χ0v) is 8.98. The number of nitrogens with zero attached hydrogens (tertiary/aromatic N) is 1. The molecule has 0 saturated heterocycles. The van der Waals surface area contributed by atoms with Crippen molar-refractivity contribution in [2.75, 3.05) is 5.32 Å². The first-order valence-electron chi connectivity index (χ1n) is 5.10. The van der Waals surface area contributed by atoms with Gasteiger partial charge in [0.25, 0.3) is 0 Å². The summed E-state index contributed by atoms with van der Waals surface area (Å²) >= 11 is 0. The summed E-state index contributed by atoms with van der Waals surface area (Å²) < 4.78 is 12.7. The molecule has 1 aromatic heterocycles. The highest BCUT2D eigenvalue weighted by Gasteiger charge is 2.04. The van der Waals surface area contributed by atoms with E-state index in [0.29, 0.717) is 5.82 Å². The van der Waals surface area contributed by atoms with Crippen LogP contribution in [0.15, 0.2) is 42.6 Å². The average Bonchev–Trinajstić information content (AvgIpc) is 2.33. The van der Waals surface area contributed by atoms with Crippen LogP contribution in [0.3, 0.4) is 0 Å². The molecule has 1 heterocycles. The molecular weight excluding hydrogens is 219 g/mol. The van der Waals surface area contributed by atoms with Crippen LogP contribution < -0.4 is 5.32 Å². The molecule has 1 aromatic carbocycles. The van der Waals surface area contributed by atoms with E-state index in [-0.39, 0.29) is 18.1 Å². The normalized spacial score (nSPS) is 9.94. The van der Waals surface area contributed by atoms with Gasteiger partial charge < -0.3 is 5.32 Å². The highest BCUT2D eigenvalue weighted by atomic mass is 19.1. The van der Waals surface area contributed by atoms with Crippen molar-refractivity contribution in [1.29, 1.82) is 0 Å². The number of nitrogens with one attached hydrogen (secondary N) is 1. The molecular formula is C13H10FN2O. The first-order valence-corrected chi connectivity index (χ1v) is 5.10. The maximum atomic E-state index is 12.7. The molecule has 1 radical (unpaired) electrons. The van der Waals surface area contributed by atoms with Gasteiger partial charge in [-0.1, -0.05) is 12.1 Å². The minimum absolute atomic E-state index is 0.185. The Bertz CT molecular complexity index is 497. The summed E-state index contributed by atoms with van der Waals surface area (Å²) in [5, 5.41) is 2.64. The van der Waals surface area contributed by atoms with Crippen molar-refractivity contribution in [3.8, 4) is 0 Å². The smallest absolute Gasteiger partial charge is 0.229 e. The predicted octanol–water partition coefficient (Wildman–Crippen LogP) is 2.20. The highest BCUT2D eigenvalue weighted by molar-refractivity contribution is 5.91. The number of hydrogen-bond acceptors (Lipinski definition) is 2. The Kier molecular flexibility index (Phi) is 3.45. The van der Waals surface area contributed by atoms with E-state index in [9.17, 15) is 9.18 Å². The molecule has 0 bridgehead atoms. The largest absolute Gasteiger partial charge is 0.310 e. The SMILES string of the molecule is O=C(Cc1ccc(F)cc1)Nc1cc[c]cn1. The minimum atomic E-state index is -0.311. The van der Waals surface area contributed by atoms with Gasteiger partial charge in [0.15, 0.2) is 0 Å². The minimum Gasteiger partial charge on any atom is -0.310 e. The fourth-order valence-electron chi connectivity index (χ4n) is 1.37. The van der Waals surface area contributed by atoms with Crippen LogP contribution in [-0.2, 0) is 11.2 Å². The number of benzene rings is 1. The Hall–Kier alpha value is -2.23. The zero-order chi connectivity index (χ0) is 12.1. The summed E-state index contributed by atoms with van der Waals surface area (Å²) in [5.74, 6) is -0.0133. The zero-order valence-electron chi connectivity index (χ0n) is 8.98. The lowest BCUT2D eigenvalue weighted by molar-refractivity contribution is -0.115. The monoisotopic (exact) mass is 229 g/mol. The van der Waals surface area contributed by atoms with Crippen molar-refractivity contribution in [2.45, 2.75) is 6.42 Å². The second-order valence-corrected chi connectivity index (χ2v) is 3.49. The second-order valence-electron chi connectivity index (χ2n) is 3.49. The Morgan fingerprint density at radius 1 is 1.29 bits per heavy atom. The van der Waals surface area contributed by atoms with Gasteiger partial charge >= 0.3 is 0 Å². The number of hydrogen-bond donors (Lipinski definition) is 1. The van der Waals surface area contributed by atoms with Crippen molar-refractivity contribution >= 4 is 11.7 Å². The number of pyridine rings is 1. The number of halogens is 1. The molecule has 85 valence electrons. The average molecular weight is 229 g/mol. The van der Waals surface area contributed by atoms with Crippen LogP contribution in [0, 0.1) is 11.9 Å². The maximum Gasteiger partial charge on any atom is 0.229 e. The lowest BCUT2D eigenvalue weighted by Gasteiger charge is -2.03. The van der Waals surface area contributed by atoms with Crippen molar-refractivity contribution in [2.24, 2.45) is 0 Å². The number of aromatic nitrogens is 1. The van der Waals surface area contributed by atoms with E-state index in [0.717, 1.165) is 5.56 Å². The summed E-state index contributed by atoms with van der Waals surface area (Å²) in [6, 6.07) is 11.9. The molecule has 2 aromatic rings. The molecule has 0 aliphatic rings.